The number of carbonyl (C=O) groups excluding carboxylic acids is 1. The molecule has 0 spiro atoms. The molecule has 8 heteroatoms. The molecule has 0 saturated carbocycles. The molecule has 28 heavy (non-hydrogen) atoms. The van der Waals surface area contributed by atoms with Crippen LogP contribution in [0.25, 0.3) is 11.0 Å². The number of aromatic nitrogens is 2. The van der Waals surface area contributed by atoms with Crippen LogP contribution < -0.4 is 10.8 Å². The second-order valence-corrected chi connectivity index (χ2v) is 6.70. The summed E-state index contributed by atoms with van der Waals surface area (Å²) >= 11 is 3.40. The first-order valence-corrected chi connectivity index (χ1v) is 9.80. The molecule has 0 aliphatic heterocycles. The average molecular weight is 451 g/mol. The van der Waals surface area contributed by atoms with E-state index in [1.165, 1.54) is 6.33 Å². The number of anilines is 2. The number of fused-ring (bicyclic) bond motifs is 1. The van der Waals surface area contributed by atoms with Crippen LogP contribution in [0.2, 0.25) is 0 Å². The Hall–Kier alpha value is -2.45. The molecule has 0 unspecified atom stereocenters. The van der Waals surface area contributed by atoms with Crippen molar-refractivity contribution in [3.05, 3.63) is 52.0 Å². The van der Waals surface area contributed by atoms with E-state index in [1.54, 1.807) is 24.6 Å². The summed E-state index contributed by atoms with van der Waals surface area (Å²) in [4.78, 5) is 21.6. The molecule has 0 aliphatic carbocycles. The highest BCUT2D eigenvalue weighted by atomic mass is 79.9. The smallest absolute Gasteiger partial charge is 0.277 e. The monoisotopic (exact) mass is 450 g/mol. The standard InChI is InChI=1S/C18H18BrFN4O2.C2H6/c1-4-26-23-18(25)12-8-14-17(21-9-24(14)3)15(20)16(12)22-13-6-5-11(19)7-10(13)2;1-2/h5-9,22H,4H2,1-3H3,(H,23,25);1-2H3. The number of imidazole rings is 1. The van der Waals surface area contributed by atoms with Crippen LogP contribution in [-0.2, 0) is 11.9 Å². The third kappa shape index (κ3) is 4.51. The van der Waals surface area contributed by atoms with Crippen molar-refractivity contribution in [1.82, 2.24) is 15.0 Å². The Morgan fingerprint density at radius 1 is 1.32 bits per heavy atom. The lowest BCUT2D eigenvalue weighted by atomic mass is 10.1. The van der Waals surface area contributed by atoms with Gasteiger partial charge in [0.15, 0.2) is 5.82 Å². The predicted molar refractivity (Wildman–Crippen MR) is 113 cm³/mol. The number of halogens is 2. The lowest BCUT2D eigenvalue weighted by Crippen LogP contribution is -2.25. The number of nitrogens with one attached hydrogen (secondary N) is 2. The van der Waals surface area contributed by atoms with Crippen molar-refractivity contribution in [3.8, 4) is 0 Å². The molecule has 0 atom stereocenters. The van der Waals surface area contributed by atoms with Crippen LogP contribution in [0.15, 0.2) is 35.1 Å². The Bertz CT molecular complexity index is 988. The Kier molecular flexibility index (Phi) is 7.53. The van der Waals surface area contributed by atoms with Gasteiger partial charge in [0.25, 0.3) is 5.91 Å². The Morgan fingerprint density at radius 2 is 2.04 bits per heavy atom. The van der Waals surface area contributed by atoms with Gasteiger partial charge in [-0.15, -0.1) is 0 Å². The number of hydrogen-bond acceptors (Lipinski definition) is 4. The minimum Gasteiger partial charge on any atom is -0.352 e. The van der Waals surface area contributed by atoms with Gasteiger partial charge in [-0.3, -0.25) is 9.63 Å². The van der Waals surface area contributed by atoms with Gasteiger partial charge in [-0.25, -0.2) is 14.9 Å². The lowest BCUT2D eigenvalue weighted by Gasteiger charge is -2.15. The number of rotatable bonds is 5. The number of hydrogen-bond donors (Lipinski definition) is 2. The van der Waals surface area contributed by atoms with E-state index in [-0.39, 0.29) is 16.8 Å². The molecule has 0 radical (unpaired) electrons. The second-order valence-electron chi connectivity index (χ2n) is 5.78. The molecular formula is C20H24BrFN4O2. The van der Waals surface area contributed by atoms with Crippen molar-refractivity contribution in [1.29, 1.82) is 0 Å². The summed E-state index contributed by atoms with van der Waals surface area (Å²) < 4.78 is 17.7. The van der Waals surface area contributed by atoms with Gasteiger partial charge in [0.1, 0.15) is 5.52 Å². The molecule has 2 N–H and O–H groups in total. The number of hydroxylamine groups is 1. The number of nitrogens with zero attached hydrogens (tertiary/aromatic N) is 2. The summed E-state index contributed by atoms with van der Waals surface area (Å²) in [6, 6.07) is 7.15. The number of benzene rings is 2. The van der Waals surface area contributed by atoms with Crippen LogP contribution in [0.1, 0.15) is 36.7 Å². The molecule has 1 heterocycles. The van der Waals surface area contributed by atoms with E-state index >= 15 is 4.39 Å². The molecule has 1 aromatic heterocycles. The number of amides is 1. The summed E-state index contributed by atoms with van der Waals surface area (Å²) in [5.41, 5.74) is 4.80. The van der Waals surface area contributed by atoms with E-state index in [1.807, 2.05) is 39.0 Å². The van der Waals surface area contributed by atoms with E-state index in [4.69, 9.17) is 4.84 Å². The zero-order valence-electron chi connectivity index (χ0n) is 16.6. The summed E-state index contributed by atoms with van der Waals surface area (Å²) in [6.07, 6.45) is 1.51. The van der Waals surface area contributed by atoms with Gasteiger partial charge in [0, 0.05) is 17.2 Å². The Morgan fingerprint density at radius 3 is 2.68 bits per heavy atom. The van der Waals surface area contributed by atoms with Crippen LogP contribution in [0, 0.1) is 12.7 Å². The highest BCUT2D eigenvalue weighted by Crippen LogP contribution is 2.32. The summed E-state index contributed by atoms with van der Waals surface area (Å²) in [5.74, 6) is -1.13. The van der Waals surface area contributed by atoms with Crippen molar-refractivity contribution in [2.45, 2.75) is 27.7 Å². The number of carbonyl (C=O) groups is 1. The van der Waals surface area contributed by atoms with Crippen LogP contribution >= 0.6 is 15.9 Å². The van der Waals surface area contributed by atoms with Crippen molar-refractivity contribution in [2.24, 2.45) is 7.05 Å². The van der Waals surface area contributed by atoms with Gasteiger partial charge < -0.3 is 9.88 Å². The summed E-state index contributed by atoms with van der Waals surface area (Å²) in [7, 11) is 1.74. The zero-order valence-corrected chi connectivity index (χ0v) is 18.1. The number of aryl methyl sites for hydroxylation is 2. The highest BCUT2D eigenvalue weighted by molar-refractivity contribution is 9.10. The van der Waals surface area contributed by atoms with Crippen molar-refractivity contribution in [3.63, 3.8) is 0 Å². The molecule has 0 fully saturated rings. The van der Waals surface area contributed by atoms with E-state index in [2.05, 4.69) is 31.7 Å². The fourth-order valence-corrected chi connectivity index (χ4v) is 3.10. The normalized spacial score (nSPS) is 10.4. The molecule has 0 bridgehead atoms. The first-order valence-electron chi connectivity index (χ1n) is 9.01. The maximum absolute atomic E-state index is 15.2. The maximum Gasteiger partial charge on any atom is 0.277 e. The first kappa shape index (κ1) is 21.8. The quantitative estimate of drug-likeness (QED) is 0.521. The van der Waals surface area contributed by atoms with Gasteiger partial charge in [0.2, 0.25) is 0 Å². The zero-order chi connectivity index (χ0) is 20.8. The van der Waals surface area contributed by atoms with Gasteiger partial charge in [-0.05, 0) is 43.7 Å². The van der Waals surface area contributed by atoms with Gasteiger partial charge in [-0.1, -0.05) is 29.8 Å². The molecule has 3 rings (SSSR count). The van der Waals surface area contributed by atoms with E-state index in [0.29, 0.717) is 17.8 Å². The minimum atomic E-state index is -0.591. The molecule has 0 aliphatic rings. The summed E-state index contributed by atoms with van der Waals surface area (Å²) in [6.45, 7) is 7.94. The van der Waals surface area contributed by atoms with Gasteiger partial charge >= 0.3 is 0 Å². The molecular weight excluding hydrogens is 427 g/mol. The second kappa shape index (κ2) is 9.66. The van der Waals surface area contributed by atoms with Crippen LogP contribution in [0.5, 0.6) is 0 Å². The van der Waals surface area contributed by atoms with E-state index in [9.17, 15) is 4.79 Å². The molecule has 6 nitrogen and oxygen atoms in total. The van der Waals surface area contributed by atoms with E-state index in [0.717, 1.165) is 10.0 Å². The largest absolute Gasteiger partial charge is 0.352 e. The van der Waals surface area contributed by atoms with Gasteiger partial charge in [-0.2, -0.15) is 0 Å². The highest BCUT2D eigenvalue weighted by Gasteiger charge is 2.22. The maximum atomic E-state index is 15.2. The van der Waals surface area contributed by atoms with Gasteiger partial charge in [0.05, 0.1) is 29.7 Å². The van der Waals surface area contributed by atoms with Crippen molar-refractivity contribution < 1.29 is 14.0 Å². The molecule has 150 valence electrons. The summed E-state index contributed by atoms with van der Waals surface area (Å²) in [5, 5.41) is 3.03. The molecule has 1 amide bonds. The topological polar surface area (TPSA) is 68.2 Å². The molecule has 2 aromatic carbocycles. The third-order valence-corrected chi connectivity index (χ3v) is 4.46. The van der Waals surface area contributed by atoms with Crippen molar-refractivity contribution in [2.75, 3.05) is 11.9 Å². The lowest BCUT2D eigenvalue weighted by molar-refractivity contribution is 0.0365. The van der Waals surface area contributed by atoms with Crippen LogP contribution in [0.4, 0.5) is 15.8 Å². The fourth-order valence-electron chi connectivity index (χ4n) is 2.62. The first-order chi connectivity index (χ1) is 13.4. The van der Waals surface area contributed by atoms with Crippen molar-refractivity contribution >= 4 is 44.2 Å². The van der Waals surface area contributed by atoms with E-state index < -0.39 is 11.7 Å². The minimum absolute atomic E-state index is 0.0545. The Balaban J connectivity index is 0.00000136. The third-order valence-electron chi connectivity index (χ3n) is 3.96. The molecule has 0 saturated heterocycles. The predicted octanol–water partition coefficient (Wildman–Crippen LogP) is 5.23. The average Bonchev–Trinajstić information content (AvgIpc) is 3.06. The van der Waals surface area contributed by atoms with Crippen LogP contribution in [0.3, 0.4) is 0 Å². The molecule has 3 aromatic rings. The fraction of sp³-hybridized carbons (Fsp3) is 0.300. The SMILES string of the molecule is CC.CCONC(=O)c1cc2c(ncn2C)c(F)c1Nc1ccc(Br)cc1C. The van der Waals surface area contributed by atoms with Crippen LogP contribution in [-0.4, -0.2) is 22.1 Å². The Labute approximate surface area is 172 Å².